The van der Waals surface area contributed by atoms with Crippen LogP contribution in [0.5, 0.6) is 5.75 Å². The van der Waals surface area contributed by atoms with Crippen molar-refractivity contribution < 1.29 is 4.74 Å². The SMILES string of the molecule is C=C/C=C(\C=C)c1ccc(C(=C(C#N)C#N)c2ccc(OC)cc2)cc1. The average Bonchev–Trinajstić information content (AvgIpc) is 2.70. The minimum absolute atomic E-state index is 0.0634. The second-order valence-corrected chi connectivity index (χ2v) is 5.34. The number of allylic oxidation sites excluding steroid dienone is 5. The Hall–Kier alpha value is -3.82. The Balaban J connectivity index is 2.57. The third kappa shape index (κ3) is 3.98. The number of nitriles is 2. The molecule has 2 rings (SSSR count). The molecule has 0 N–H and O–H groups in total. The minimum atomic E-state index is 0.0634. The Bertz CT molecular complexity index is 931. The molecule has 0 saturated carbocycles. The van der Waals surface area contributed by atoms with Crippen LogP contribution in [-0.2, 0) is 0 Å². The molecule has 2 aromatic rings. The third-order valence-electron chi connectivity index (χ3n) is 3.88. The summed E-state index contributed by atoms with van der Waals surface area (Å²) in [5.74, 6) is 0.712. The van der Waals surface area contributed by atoms with Crippen molar-refractivity contribution in [3.8, 4) is 17.9 Å². The second kappa shape index (κ2) is 8.87. The van der Waals surface area contributed by atoms with E-state index in [1.807, 2.05) is 54.6 Å². The van der Waals surface area contributed by atoms with Crippen molar-refractivity contribution in [1.82, 2.24) is 0 Å². The van der Waals surface area contributed by atoms with Crippen molar-refractivity contribution in [2.24, 2.45) is 0 Å². The highest BCUT2D eigenvalue weighted by Crippen LogP contribution is 2.29. The second-order valence-electron chi connectivity index (χ2n) is 5.34. The van der Waals surface area contributed by atoms with E-state index in [4.69, 9.17) is 4.74 Å². The Labute approximate surface area is 154 Å². The van der Waals surface area contributed by atoms with Gasteiger partial charge < -0.3 is 4.74 Å². The van der Waals surface area contributed by atoms with Crippen molar-refractivity contribution >= 4 is 11.1 Å². The molecule has 26 heavy (non-hydrogen) atoms. The highest BCUT2D eigenvalue weighted by molar-refractivity contribution is 5.87. The lowest BCUT2D eigenvalue weighted by molar-refractivity contribution is 0.415. The Morgan fingerprint density at radius 3 is 1.81 bits per heavy atom. The lowest BCUT2D eigenvalue weighted by Crippen LogP contribution is -1.94. The van der Waals surface area contributed by atoms with Gasteiger partial charge in [-0.2, -0.15) is 10.5 Å². The molecule has 0 saturated heterocycles. The molecular formula is C23H18N2O. The number of benzene rings is 2. The topological polar surface area (TPSA) is 56.8 Å². The van der Waals surface area contributed by atoms with Crippen molar-refractivity contribution in [3.63, 3.8) is 0 Å². The fourth-order valence-corrected chi connectivity index (χ4v) is 2.59. The summed E-state index contributed by atoms with van der Waals surface area (Å²) in [5.41, 5.74) is 4.15. The molecule has 0 spiro atoms. The zero-order valence-corrected chi connectivity index (χ0v) is 14.6. The molecule has 0 aromatic heterocycles. The monoisotopic (exact) mass is 338 g/mol. The highest BCUT2D eigenvalue weighted by Gasteiger charge is 2.12. The number of nitrogens with zero attached hydrogens (tertiary/aromatic N) is 2. The first-order valence-corrected chi connectivity index (χ1v) is 7.93. The van der Waals surface area contributed by atoms with Crippen LogP contribution >= 0.6 is 0 Å². The largest absolute Gasteiger partial charge is 0.497 e. The molecule has 2 aromatic carbocycles. The summed E-state index contributed by atoms with van der Waals surface area (Å²) in [6.45, 7) is 7.51. The molecule has 0 heterocycles. The van der Waals surface area contributed by atoms with Gasteiger partial charge in [-0.15, -0.1) is 0 Å². The first-order valence-electron chi connectivity index (χ1n) is 7.93. The molecule has 0 unspecified atom stereocenters. The highest BCUT2D eigenvalue weighted by atomic mass is 16.5. The first kappa shape index (κ1) is 18.5. The van der Waals surface area contributed by atoms with E-state index < -0.39 is 0 Å². The van der Waals surface area contributed by atoms with Gasteiger partial charge in [0, 0.05) is 5.57 Å². The fourth-order valence-electron chi connectivity index (χ4n) is 2.59. The average molecular weight is 338 g/mol. The van der Waals surface area contributed by atoms with Gasteiger partial charge in [0.15, 0.2) is 0 Å². The molecule has 0 fully saturated rings. The number of methoxy groups -OCH3 is 1. The van der Waals surface area contributed by atoms with Gasteiger partial charge >= 0.3 is 0 Å². The van der Waals surface area contributed by atoms with Crippen molar-refractivity contribution in [2.45, 2.75) is 0 Å². The van der Waals surface area contributed by atoms with Crippen LogP contribution in [0.2, 0.25) is 0 Å². The number of ether oxygens (including phenoxy) is 1. The molecule has 0 aliphatic carbocycles. The Morgan fingerprint density at radius 1 is 0.885 bits per heavy atom. The van der Waals surface area contributed by atoms with Crippen LogP contribution < -0.4 is 4.74 Å². The van der Waals surface area contributed by atoms with Crippen molar-refractivity contribution in [1.29, 1.82) is 10.5 Å². The molecule has 0 amide bonds. The normalized spacial score (nSPS) is 10.2. The molecule has 3 heteroatoms. The van der Waals surface area contributed by atoms with Gasteiger partial charge in [0.1, 0.15) is 23.5 Å². The third-order valence-corrected chi connectivity index (χ3v) is 3.88. The summed E-state index contributed by atoms with van der Waals surface area (Å²) in [5, 5.41) is 18.8. The van der Waals surface area contributed by atoms with Gasteiger partial charge in [0.05, 0.1) is 7.11 Å². The van der Waals surface area contributed by atoms with E-state index in [-0.39, 0.29) is 5.57 Å². The van der Waals surface area contributed by atoms with Gasteiger partial charge in [0.25, 0.3) is 0 Å². The Morgan fingerprint density at radius 2 is 1.38 bits per heavy atom. The Kier molecular flexibility index (Phi) is 6.32. The smallest absolute Gasteiger partial charge is 0.138 e. The van der Waals surface area contributed by atoms with Crippen LogP contribution in [-0.4, -0.2) is 7.11 Å². The van der Waals surface area contributed by atoms with Gasteiger partial charge in [-0.25, -0.2) is 0 Å². The van der Waals surface area contributed by atoms with Crippen LogP contribution in [0.25, 0.3) is 11.1 Å². The summed E-state index contributed by atoms with van der Waals surface area (Å²) in [6.07, 6.45) is 5.34. The molecule has 0 aliphatic heterocycles. The van der Waals surface area contributed by atoms with E-state index in [0.29, 0.717) is 11.3 Å². The molecule has 3 nitrogen and oxygen atoms in total. The molecule has 0 atom stereocenters. The maximum absolute atomic E-state index is 9.38. The first-order chi connectivity index (χ1) is 12.7. The van der Waals surface area contributed by atoms with Gasteiger partial charge in [0.2, 0.25) is 0 Å². The molecule has 0 bridgehead atoms. The minimum Gasteiger partial charge on any atom is -0.497 e. The van der Waals surface area contributed by atoms with E-state index in [1.165, 1.54) is 0 Å². The van der Waals surface area contributed by atoms with E-state index >= 15 is 0 Å². The molecule has 0 aliphatic rings. The summed E-state index contributed by atoms with van der Waals surface area (Å²) in [7, 11) is 1.59. The molecule has 126 valence electrons. The molecule has 0 radical (unpaired) electrons. The summed E-state index contributed by atoms with van der Waals surface area (Å²) < 4.78 is 5.18. The fraction of sp³-hybridized carbons (Fsp3) is 0.0435. The van der Waals surface area contributed by atoms with Gasteiger partial charge in [-0.3, -0.25) is 0 Å². The van der Waals surface area contributed by atoms with Crippen molar-refractivity contribution in [2.75, 3.05) is 7.11 Å². The lowest BCUT2D eigenvalue weighted by Gasteiger charge is -2.11. The summed E-state index contributed by atoms with van der Waals surface area (Å²) in [4.78, 5) is 0. The van der Waals surface area contributed by atoms with E-state index in [2.05, 4.69) is 13.2 Å². The van der Waals surface area contributed by atoms with Crippen LogP contribution in [0.4, 0.5) is 0 Å². The predicted octanol–water partition coefficient (Wildman–Crippen LogP) is 5.30. The predicted molar refractivity (Wildman–Crippen MR) is 105 cm³/mol. The maximum Gasteiger partial charge on any atom is 0.138 e. The van der Waals surface area contributed by atoms with Gasteiger partial charge in [-0.05, 0) is 34.4 Å². The quantitative estimate of drug-likeness (QED) is 0.530. The number of rotatable bonds is 6. The molecular weight excluding hydrogens is 320 g/mol. The summed E-state index contributed by atoms with van der Waals surface area (Å²) >= 11 is 0. The standard InChI is InChI=1S/C23H18N2O/c1-4-6-17(5-2)18-7-9-19(10-8-18)23(21(15-24)16-25)20-11-13-22(26-3)14-12-20/h4-14H,1-2H2,3H3/b17-6+. The van der Waals surface area contributed by atoms with Crippen molar-refractivity contribution in [3.05, 3.63) is 102 Å². The van der Waals surface area contributed by atoms with Crippen LogP contribution in [0.15, 0.2) is 85.5 Å². The van der Waals surface area contributed by atoms with E-state index in [1.54, 1.807) is 31.4 Å². The van der Waals surface area contributed by atoms with E-state index in [9.17, 15) is 10.5 Å². The zero-order chi connectivity index (χ0) is 18.9. The van der Waals surface area contributed by atoms with E-state index in [0.717, 1.165) is 22.3 Å². The van der Waals surface area contributed by atoms with Crippen LogP contribution in [0.3, 0.4) is 0 Å². The van der Waals surface area contributed by atoms with Crippen LogP contribution in [0, 0.1) is 22.7 Å². The zero-order valence-electron chi connectivity index (χ0n) is 14.6. The number of hydrogen-bond acceptors (Lipinski definition) is 3. The van der Waals surface area contributed by atoms with Crippen LogP contribution in [0.1, 0.15) is 16.7 Å². The maximum atomic E-state index is 9.38. The number of hydrogen-bond donors (Lipinski definition) is 0. The lowest BCUT2D eigenvalue weighted by atomic mass is 9.92. The summed E-state index contributed by atoms with van der Waals surface area (Å²) in [6, 6.07) is 18.9. The van der Waals surface area contributed by atoms with Gasteiger partial charge in [-0.1, -0.05) is 67.8 Å².